The van der Waals surface area contributed by atoms with E-state index in [0.717, 1.165) is 55.6 Å². The molecule has 1 aliphatic heterocycles. The van der Waals surface area contributed by atoms with Crippen LogP contribution >= 0.6 is 0 Å². The van der Waals surface area contributed by atoms with Crippen LogP contribution in [0, 0.1) is 41.4 Å². The molecule has 10 rings (SSSR count). The molecule has 2 heterocycles. The third kappa shape index (κ3) is 6.10. The van der Waals surface area contributed by atoms with Gasteiger partial charge in [0.15, 0.2) is 0 Å². The number of nitrogens with zero attached hydrogens (tertiary/aromatic N) is 5. The summed E-state index contributed by atoms with van der Waals surface area (Å²) in [4.78, 5) is 4.96. The van der Waals surface area contributed by atoms with Crippen molar-refractivity contribution in [2.45, 2.75) is 90.5 Å². The minimum absolute atomic E-state index is 0.00490. The molecule has 4 atom stereocenters. The lowest BCUT2D eigenvalue weighted by molar-refractivity contribution is 0.273. The number of benzene rings is 4. The summed E-state index contributed by atoms with van der Waals surface area (Å²) in [5, 5.41) is 21.3. The summed E-state index contributed by atoms with van der Waals surface area (Å²) in [5.74, 6) is 0.624. The molecule has 0 radical (unpaired) electrons. The van der Waals surface area contributed by atoms with Gasteiger partial charge in [-0.05, 0) is 146 Å². The number of anilines is 3. The molecule has 5 heteroatoms. The van der Waals surface area contributed by atoms with E-state index in [0.29, 0.717) is 11.5 Å². The molecule has 0 saturated heterocycles. The molecule has 292 valence electrons. The standard InChI is InChI=1S/C54H51N5/c1-34-12-6-8-18-48(34)57(40-16-10-14-36(26-40)32-55)42-22-20-38-28-46-44-24-23-43(58(49-19-9-7-13-35(49)2)41-17-11-15-37(27-41)33-56)31-51(44)59-50-25-21-39(54(3,4)5)29-47(50)52(53(46)59)45(38)30-42/h6-7,9-15,17,19,21-25,27,29-31,36,38,40,46H,8,16,18,20,26,28H2,1-5H3. The zero-order valence-corrected chi connectivity index (χ0v) is 34.8. The lowest BCUT2D eigenvalue weighted by atomic mass is 9.71. The summed E-state index contributed by atoms with van der Waals surface area (Å²) < 4.78 is 2.59. The van der Waals surface area contributed by atoms with Crippen LogP contribution < -0.4 is 4.90 Å². The fourth-order valence-electron chi connectivity index (χ4n) is 10.7. The maximum atomic E-state index is 10.0. The minimum atomic E-state index is -0.0637. The normalized spacial score (nSPS) is 21.5. The molecule has 59 heavy (non-hydrogen) atoms. The molecule has 4 aromatic carbocycles. The van der Waals surface area contributed by atoms with Gasteiger partial charge in [0.25, 0.3) is 0 Å². The predicted molar refractivity (Wildman–Crippen MR) is 241 cm³/mol. The molecule has 4 unspecified atom stereocenters. The van der Waals surface area contributed by atoms with Gasteiger partial charge >= 0.3 is 0 Å². The summed E-state index contributed by atoms with van der Waals surface area (Å²) in [6.07, 6.45) is 19.9. The van der Waals surface area contributed by atoms with Gasteiger partial charge < -0.3 is 14.4 Å². The predicted octanol–water partition coefficient (Wildman–Crippen LogP) is 13.5. The van der Waals surface area contributed by atoms with Crippen LogP contribution in [-0.4, -0.2) is 15.5 Å². The van der Waals surface area contributed by atoms with Crippen molar-refractivity contribution in [2.24, 2.45) is 11.8 Å². The molecule has 0 fully saturated rings. The van der Waals surface area contributed by atoms with E-state index in [4.69, 9.17) is 0 Å². The Morgan fingerprint density at radius 2 is 1.69 bits per heavy atom. The van der Waals surface area contributed by atoms with Gasteiger partial charge in [0.2, 0.25) is 0 Å². The molecule has 5 aliphatic rings. The first kappa shape index (κ1) is 37.0. The first-order chi connectivity index (χ1) is 28.6. The number of fused-ring (bicyclic) bond motifs is 8. The van der Waals surface area contributed by atoms with Crippen molar-refractivity contribution in [1.82, 2.24) is 9.47 Å². The van der Waals surface area contributed by atoms with E-state index < -0.39 is 0 Å². The zero-order valence-electron chi connectivity index (χ0n) is 34.8. The number of rotatable bonds is 6. The Balaban J connectivity index is 1.17. The second kappa shape index (κ2) is 14.2. The van der Waals surface area contributed by atoms with E-state index in [1.165, 1.54) is 67.1 Å². The van der Waals surface area contributed by atoms with Gasteiger partial charge in [-0.1, -0.05) is 87.5 Å². The second-order valence-electron chi connectivity index (χ2n) is 18.3. The molecule has 1 aromatic heterocycles. The van der Waals surface area contributed by atoms with E-state index >= 15 is 0 Å². The average Bonchev–Trinajstić information content (AvgIpc) is 3.76. The van der Waals surface area contributed by atoms with Crippen LogP contribution in [-0.2, 0) is 5.41 Å². The SMILES string of the molecule is CC1=C(N(C2=CCC3CC4c5ccc(N(c6cccc(C#N)c6)c6ccccc6C)cc5-n5c4c(c4cc(C(C)(C)C)ccc45)C3=C2)C2CC=CC(C#N)C2)CCC=C1. The van der Waals surface area contributed by atoms with Crippen LogP contribution in [0.5, 0.6) is 0 Å². The van der Waals surface area contributed by atoms with Crippen molar-refractivity contribution in [2.75, 3.05) is 4.90 Å². The number of hydrogen-bond donors (Lipinski definition) is 0. The van der Waals surface area contributed by atoms with Crippen molar-refractivity contribution >= 4 is 33.5 Å². The summed E-state index contributed by atoms with van der Waals surface area (Å²) in [5.41, 5.74) is 18.5. The van der Waals surface area contributed by atoms with Gasteiger partial charge in [-0.3, -0.25) is 0 Å². The number of hydrogen-bond acceptors (Lipinski definition) is 4. The average molecular weight is 770 g/mol. The van der Waals surface area contributed by atoms with Crippen molar-refractivity contribution in [3.63, 3.8) is 0 Å². The Morgan fingerprint density at radius 1 is 0.847 bits per heavy atom. The van der Waals surface area contributed by atoms with Crippen LogP contribution in [0.1, 0.15) is 106 Å². The molecule has 4 aliphatic carbocycles. The zero-order chi connectivity index (χ0) is 40.6. The van der Waals surface area contributed by atoms with Crippen molar-refractivity contribution in [1.29, 1.82) is 10.5 Å². The van der Waals surface area contributed by atoms with Gasteiger partial charge in [-0.2, -0.15) is 10.5 Å². The molecule has 0 bridgehead atoms. The third-order valence-electron chi connectivity index (χ3n) is 13.6. The molecular weight excluding hydrogens is 719 g/mol. The maximum Gasteiger partial charge on any atom is 0.0992 e. The van der Waals surface area contributed by atoms with Crippen LogP contribution in [0.3, 0.4) is 0 Å². The summed E-state index contributed by atoms with van der Waals surface area (Å²) in [6.45, 7) is 11.4. The quantitative estimate of drug-likeness (QED) is 0.161. The van der Waals surface area contributed by atoms with Crippen LogP contribution in [0.25, 0.3) is 22.2 Å². The second-order valence-corrected chi connectivity index (χ2v) is 18.3. The molecule has 0 spiro atoms. The van der Waals surface area contributed by atoms with Gasteiger partial charge in [0, 0.05) is 57.1 Å². The molecule has 5 nitrogen and oxygen atoms in total. The smallest absolute Gasteiger partial charge is 0.0992 e. The van der Waals surface area contributed by atoms with Crippen molar-refractivity contribution in [3.05, 3.63) is 172 Å². The Hall–Kier alpha value is -6.30. The van der Waals surface area contributed by atoms with Crippen LogP contribution in [0.15, 0.2) is 138 Å². The van der Waals surface area contributed by atoms with Gasteiger partial charge in [0.1, 0.15) is 0 Å². The van der Waals surface area contributed by atoms with Crippen molar-refractivity contribution in [3.8, 4) is 17.8 Å². The summed E-state index contributed by atoms with van der Waals surface area (Å²) in [6, 6.07) is 35.9. The maximum absolute atomic E-state index is 10.0. The molecule has 0 amide bonds. The number of aryl methyl sites for hydroxylation is 1. The highest BCUT2D eigenvalue weighted by atomic mass is 15.2. The lowest BCUT2D eigenvalue weighted by Gasteiger charge is -2.42. The molecule has 0 N–H and O–H groups in total. The fourth-order valence-corrected chi connectivity index (χ4v) is 10.7. The fraction of sp³-hybridized carbons (Fsp3) is 0.296. The highest BCUT2D eigenvalue weighted by molar-refractivity contribution is 6.00. The Kier molecular flexibility index (Phi) is 8.91. The van der Waals surface area contributed by atoms with Crippen molar-refractivity contribution < 1.29 is 0 Å². The highest BCUT2D eigenvalue weighted by Crippen LogP contribution is 2.58. The summed E-state index contributed by atoms with van der Waals surface area (Å²) >= 11 is 0. The lowest BCUT2D eigenvalue weighted by Crippen LogP contribution is -2.37. The molecule has 5 aromatic rings. The van der Waals surface area contributed by atoms with Crippen LogP contribution in [0.4, 0.5) is 17.1 Å². The monoisotopic (exact) mass is 769 g/mol. The molecular formula is C54H51N5. The van der Waals surface area contributed by atoms with E-state index in [9.17, 15) is 10.5 Å². The van der Waals surface area contributed by atoms with Gasteiger partial charge in [0.05, 0.1) is 34.8 Å². The number of aromatic nitrogens is 1. The number of nitriles is 2. The summed E-state index contributed by atoms with van der Waals surface area (Å²) in [7, 11) is 0. The van der Waals surface area contributed by atoms with E-state index in [-0.39, 0.29) is 23.3 Å². The highest BCUT2D eigenvalue weighted by Gasteiger charge is 2.43. The van der Waals surface area contributed by atoms with E-state index in [1.807, 2.05) is 18.2 Å². The number of para-hydroxylation sites is 1. The molecule has 0 saturated carbocycles. The van der Waals surface area contributed by atoms with Gasteiger partial charge in [-0.15, -0.1) is 0 Å². The Bertz CT molecular complexity index is 2800. The topological polar surface area (TPSA) is 59.0 Å². The first-order valence-electron chi connectivity index (χ1n) is 21.5. The Morgan fingerprint density at radius 3 is 2.49 bits per heavy atom. The minimum Gasteiger partial charge on any atom is -0.342 e. The largest absolute Gasteiger partial charge is 0.342 e. The van der Waals surface area contributed by atoms with Crippen LogP contribution in [0.2, 0.25) is 0 Å². The first-order valence-corrected chi connectivity index (χ1v) is 21.5. The number of allylic oxidation sites excluding steroid dienone is 8. The third-order valence-corrected chi connectivity index (χ3v) is 13.6. The Labute approximate surface area is 349 Å². The van der Waals surface area contributed by atoms with Gasteiger partial charge in [-0.25, -0.2) is 0 Å². The van der Waals surface area contributed by atoms with E-state index in [2.05, 4.69) is 164 Å². The van der Waals surface area contributed by atoms with E-state index in [1.54, 1.807) is 0 Å².